The highest BCUT2D eigenvalue weighted by molar-refractivity contribution is 5.73. The van der Waals surface area contributed by atoms with Crippen LogP contribution in [-0.2, 0) is 9.59 Å². The lowest BCUT2D eigenvalue weighted by atomic mass is 10.1. The van der Waals surface area contributed by atoms with Crippen LogP contribution in [0.3, 0.4) is 0 Å². The van der Waals surface area contributed by atoms with E-state index < -0.39 is 18.1 Å². The van der Waals surface area contributed by atoms with E-state index in [-0.39, 0.29) is 0 Å². The number of aryl methyl sites for hydroxylation is 1. The molecule has 0 aromatic heterocycles. The van der Waals surface area contributed by atoms with E-state index in [1.165, 1.54) is 11.3 Å². The Morgan fingerprint density at radius 1 is 1.04 bits per heavy atom. The van der Waals surface area contributed by atoms with Gasteiger partial charge in [-0.1, -0.05) is 18.2 Å². The van der Waals surface area contributed by atoms with Gasteiger partial charge in [-0.25, -0.2) is 4.79 Å². The van der Waals surface area contributed by atoms with Crippen molar-refractivity contribution in [3.05, 3.63) is 29.8 Å². The summed E-state index contributed by atoms with van der Waals surface area (Å²) in [6.07, 6.45) is -3.02. The molecule has 1 aliphatic rings. The van der Waals surface area contributed by atoms with Crippen LogP contribution in [-0.4, -0.2) is 66.0 Å². The molecule has 1 aliphatic heterocycles. The van der Waals surface area contributed by atoms with E-state index in [4.69, 9.17) is 15.0 Å². The first-order valence-electron chi connectivity index (χ1n) is 8.66. The van der Waals surface area contributed by atoms with Crippen molar-refractivity contribution in [3.63, 3.8) is 0 Å². The number of piperazine rings is 1. The second-order valence-corrected chi connectivity index (χ2v) is 6.27. The van der Waals surface area contributed by atoms with Crippen molar-refractivity contribution in [2.75, 3.05) is 37.6 Å². The van der Waals surface area contributed by atoms with Crippen molar-refractivity contribution in [3.8, 4) is 0 Å². The highest BCUT2D eigenvalue weighted by Crippen LogP contribution is 2.20. The maximum absolute atomic E-state index is 10.6. The quantitative estimate of drug-likeness (QED) is 0.727. The van der Waals surface area contributed by atoms with Crippen molar-refractivity contribution in [1.82, 2.24) is 4.90 Å². The molecule has 0 radical (unpaired) electrons. The Hall–Kier alpha value is -2.29. The smallest absolute Gasteiger partial charge is 0.481 e. The van der Waals surface area contributed by atoms with Crippen LogP contribution in [0.4, 0.5) is 18.9 Å². The van der Waals surface area contributed by atoms with Gasteiger partial charge in [0.15, 0.2) is 0 Å². The summed E-state index contributed by atoms with van der Waals surface area (Å²) in [5, 5.41) is 15.7. The van der Waals surface area contributed by atoms with E-state index >= 15 is 0 Å². The average Bonchev–Trinajstić information content (AvgIpc) is 2.59. The number of benzene rings is 1. The third kappa shape index (κ3) is 8.76. The number of nitrogens with zero attached hydrogens (tertiary/aromatic N) is 2. The lowest BCUT2D eigenvalue weighted by molar-refractivity contribution is -0.192. The van der Waals surface area contributed by atoms with E-state index in [9.17, 15) is 18.0 Å². The zero-order valence-corrected chi connectivity index (χ0v) is 15.2. The van der Waals surface area contributed by atoms with Gasteiger partial charge in [0, 0.05) is 38.3 Å². The fourth-order valence-corrected chi connectivity index (χ4v) is 2.74. The summed E-state index contributed by atoms with van der Waals surface area (Å²) in [5.41, 5.74) is 2.68. The Morgan fingerprint density at radius 3 is 2.07 bits per heavy atom. The molecule has 0 spiro atoms. The molecule has 152 valence electrons. The van der Waals surface area contributed by atoms with Crippen LogP contribution in [0.25, 0.3) is 0 Å². The molecule has 1 saturated heterocycles. The minimum atomic E-state index is -5.08. The van der Waals surface area contributed by atoms with E-state index in [1.807, 2.05) is 0 Å². The monoisotopic (exact) mass is 390 g/mol. The number of anilines is 1. The molecule has 0 atom stereocenters. The minimum Gasteiger partial charge on any atom is -0.481 e. The topological polar surface area (TPSA) is 81.1 Å². The fraction of sp³-hybridized carbons (Fsp3) is 0.556. The van der Waals surface area contributed by atoms with Crippen LogP contribution in [0, 0.1) is 6.92 Å². The van der Waals surface area contributed by atoms with Gasteiger partial charge in [-0.3, -0.25) is 9.69 Å². The molecular formula is C18H25F3N2O4. The number of carboxylic acid groups (broad SMARTS) is 2. The largest absolute Gasteiger partial charge is 0.490 e. The molecule has 1 aromatic carbocycles. The molecule has 2 N–H and O–H groups in total. The van der Waals surface area contributed by atoms with Crippen LogP contribution in [0.15, 0.2) is 24.3 Å². The highest BCUT2D eigenvalue weighted by atomic mass is 19.4. The van der Waals surface area contributed by atoms with Gasteiger partial charge in [-0.05, 0) is 37.9 Å². The Bertz CT molecular complexity index is 615. The highest BCUT2D eigenvalue weighted by Gasteiger charge is 2.38. The standard InChI is InChI=1S/C16H24N2O2.C2HF3O2/c1-14-6-2-3-7-15(14)18-12-10-17(11-13-18)9-5-4-8-16(19)20;3-2(4,5)1(6)7/h2-3,6-7H,4-5,8-13H2,1H3,(H,19,20);(H,6,7). The van der Waals surface area contributed by atoms with E-state index in [2.05, 4.69) is 41.0 Å². The normalized spacial score (nSPS) is 15.0. The first kappa shape index (κ1) is 22.8. The number of alkyl halides is 3. The molecule has 2 rings (SSSR count). The minimum absolute atomic E-state index is 0.295. The van der Waals surface area contributed by atoms with Gasteiger partial charge in [0.1, 0.15) is 0 Å². The number of carbonyl (C=O) groups is 2. The van der Waals surface area contributed by atoms with Gasteiger partial charge in [0.05, 0.1) is 0 Å². The molecule has 0 amide bonds. The molecule has 0 saturated carbocycles. The maximum atomic E-state index is 10.6. The Labute approximate surface area is 156 Å². The lowest BCUT2D eigenvalue weighted by Gasteiger charge is -2.36. The zero-order chi connectivity index (χ0) is 20.4. The predicted molar refractivity (Wildman–Crippen MR) is 95.0 cm³/mol. The van der Waals surface area contributed by atoms with Gasteiger partial charge in [0.2, 0.25) is 0 Å². The van der Waals surface area contributed by atoms with Crippen LogP contribution in [0.1, 0.15) is 24.8 Å². The van der Waals surface area contributed by atoms with Crippen LogP contribution in [0.2, 0.25) is 0 Å². The van der Waals surface area contributed by atoms with Crippen molar-refractivity contribution in [2.45, 2.75) is 32.4 Å². The number of aliphatic carboxylic acids is 2. The summed E-state index contributed by atoms with van der Waals surface area (Å²) in [6, 6.07) is 8.53. The molecule has 9 heteroatoms. The van der Waals surface area contributed by atoms with Gasteiger partial charge in [0.25, 0.3) is 0 Å². The van der Waals surface area contributed by atoms with Crippen molar-refractivity contribution in [2.24, 2.45) is 0 Å². The summed E-state index contributed by atoms with van der Waals surface area (Å²) in [7, 11) is 0. The SMILES string of the molecule is Cc1ccccc1N1CCN(CCCCC(=O)O)CC1.O=C(O)C(F)(F)F. The number of rotatable bonds is 6. The van der Waals surface area contributed by atoms with Gasteiger partial charge >= 0.3 is 18.1 Å². The number of hydrogen-bond acceptors (Lipinski definition) is 4. The number of carboxylic acids is 2. The summed E-state index contributed by atoms with van der Waals surface area (Å²) < 4.78 is 31.7. The number of para-hydroxylation sites is 1. The third-order valence-electron chi connectivity index (χ3n) is 4.19. The number of hydrogen-bond donors (Lipinski definition) is 2. The van der Waals surface area contributed by atoms with Crippen LogP contribution in [0.5, 0.6) is 0 Å². The first-order valence-corrected chi connectivity index (χ1v) is 8.66. The Kier molecular flexibility index (Phi) is 9.07. The number of unbranched alkanes of at least 4 members (excludes halogenated alkanes) is 1. The van der Waals surface area contributed by atoms with E-state index in [1.54, 1.807) is 0 Å². The first-order chi connectivity index (χ1) is 12.6. The molecular weight excluding hydrogens is 365 g/mol. The molecule has 0 aliphatic carbocycles. The molecule has 1 fully saturated rings. The number of halogens is 3. The molecule has 1 heterocycles. The summed E-state index contributed by atoms with van der Waals surface area (Å²) in [6.45, 7) is 7.44. The molecule has 1 aromatic rings. The predicted octanol–water partition coefficient (Wildman–Crippen LogP) is 3.01. The van der Waals surface area contributed by atoms with Crippen LogP contribution < -0.4 is 4.90 Å². The molecule has 6 nitrogen and oxygen atoms in total. The molecule has 27 heavy (non-hydrogen) atoms. The van der Waals surface area contributed by atoms with E-state index in [0.717, 1.165) is 45.6 Å². The molecule has 0 bridgehead atoms. The third-order valence-corrected chi connectivity index (χ3v) is 4.19. The van der Waals surface area contributed by atoms with E-state index in [0.29, 0.717) is 6.42 Å². The van der Waals surface area contributed by atoms with Crippen LogP contribution >= 0.6 is 0 Å². The Balaban J connectivity index is 0.000000445. The lowest BCUT2D eigenvalue weighted by Crippen LogP contribution is -2.46. The average molecular weight is 390 g/mol. The van der Waals surface area contributed by atoms with Crippen molar-refractivity contribution < 1.29 is 33.0 Å². The van der Waals surface area contributed by atoms with Gasteiger partial charge in [-0.2, -0.15) is 13.2 Å². The summed E-state index contributed by atoms with van der Waals surface area (Å²) >= 11 is 0. The van der Waals surface area contributed by atoms with Gasteiger partial charge < -0.3 is 15.1 Å². The summed E-state index contributed by atoms with van der Waals surface area (Å²) in [4.78, 5) is 24.2. The zero-order valence-electron chi connectivity index (χ0n) is 15.2. The van der Waals surface area contributed by atoms with Gasteiger partial charge in [-0.15, -0.1) is 0 Å². The second kappa shape index (κ2) is 10.8. The van der Waals surface area contributed by atoms with Crippen molar-refractivity contribution in [1.29, 1.82) is 0 Å². The molecule has 0 unspecified atom stereocenters. The summed E-state index contributed by atoms with van der Waals surface area (Å²) in [5.74, 6) is -3.44. The van der Waals surface area contributed by atoms with Crippen molar-refractivity contribution >= 4 is 17.6 Å². The fourth-order valence-electron chi connectivity index (χ4n) is 2.74. The maximum Gasteiger partial charge on any atom is 0.490 e. The second-order valence-electron chi connectivity index (χ2n) is 6.27. The Morgan fingerprint density at radius 2 is 1.59 bits per heavy atom.